The topological polar surface area (TPSA) is 63.2 Å². The summed E-state index contributed by atoms with van der Waals surface area (Å²) in [7, 11) is -3.47. The van der Waals surface area contributed by atoms with Crippen LogP contribution in [-0.4, -0.2) is 27.1 Å². The summed E-state index contributed by atoms with van der Waals surface area (Å²) in [4.78, 5) is 12.1. The van der Waals surface area contributed by atoms with Gasteiger partial charge < -0.3 is 5.32 Å². The van der Waals surface area contributed by atoms with Gasteiger partial charge in [0.2, 0.25) is 0 Å². The molecule has 2 rings (SSSR count). The van der Waals surface area contributed by atoms with Crippen molar-refractivity contribution in [3.05, 3.63) is 65.5 Å². The lowest BCUT2D eigenvalue weighted by Crippen LogP contribution is -2.27. The molecule has 0 fully saturated rings. The number of rotatable bonds is 5. The molecule has 0 bridgehead atoms. The molecule has 0 spiro atoms. The average Bonchev–Trinajstić information content (AvgIpc) is 2.46. The van der Waals surface area contributed by atoms with Gasteiger partial charge in [-0.15, -0.1) is 0 Å². The minimum atomic E-state index is -3.47. The van der Waals surface area contributed by atoms with E-state index in [2.05, 4.69) is 5.32 Å². The quantitative estimate of drug-likeness (QED) is 0.918. The maximum atomic E-state index is 13.0. The molecule has 4 nitrogen and oxygen atoms in total. The van der Waals surface area contributed by atoms with Crippen molar-refractivity contribution in [2.75, 3.05) is 12.8 Å². The fourth-order valence-electron chi connectivity index (χ4n) is 2.09. The number of hydrogen-bond donors (Lipinski definition) is 1. The standard InChI is InChI=1S/C16H16FNO3S/c1-22(20,21)15-8-3-2-7-14(15)16(19)18-10-9-12-5-4-6-13(17)11-12/h2-8,11H,9-10H2,1H3,(H,18,19). The summed E-state index contributed by atoms with van der Waals surface area (Å²) in [6.07, 6.45) is 1.52. The van der Waals surface area contributed by atoms with Gasteiger partial charge in [-0.25, -0.2) is 12.8 Å². The molecule has 0 heterocycles. The van der Waals surface area contributed by atoms with Gasteiger partial charge in [0.15, 0.2) is 9.84 Å². The van der Waals surface area contributed by atoms with Crippen LogP contribution in [0, 0.1) is 5.82 Å². The molecule has 0 saturated carbocycles. The molecule has 0 aromatic heterocycles. The highest BCUT2D eigenvalue weighted by Gasteiger charge is 2.17. The second kappa shape index (κ2) is 6.70. The first kappa shape index (κ1) is 16.2. The Morgan fingerprint density at radius 1 is 1.14 bits per heavy atom. The summed E-state index contributed by atoms with van der Waals surface area (Å²) in [5.74, 6) is -0.788. The normalized spacial score (nSPS) is 11.2. The van der Waals surface area contributed by atoms with Crippen molar-refractivity contribution >= 4 is 15.7 Å². The van der Waals surface area contributed by atoms with Crippen molar-refractivity contribution in [1.29, 1.82) is 0 Å². The number of carbonyl (C=O) groups excluding carboxylic acids is 1. The molecule has 0 aliphatic heterocycles. The third kappa shape index (κ3) is 4.14. The van der Waals surface area contributed by atoms with Gasteiger partial charge >= 0.3 is 0 Å². The number of sulfone groups is 1. The third-order valence-electron chi connectivity index (χ3n) is 3.12. The van der Waals surface area contributed by atoms with Crippen LogP contribution >= 0.6 is 0 Å². The van der Waals surface area contributed by atoms with Crippen LogP contribution in [0.2, 0.25) is 0 Å². The van der Waals surface area contributed by atoms with Gasteiger partial charge in [0, 0.05) is 12.8 Å². The second-order valence-corrected chi connectivity index (χ2v) is 6.89. The molecule has 0 radical (unpaired) electrons. The molecule has 1 amide bonds. The third-order valence-corrected chi connectivity index (χ3v) is 4.27. The lowest BCUT2D eigenvalue weighted by molar-refractivity contribution is 0.0951. The Balaban J connectivity index is 2.05. The molecule has 0 aliphatic rings. The Morgan fingerprint density at radius 3 is 2.55 bits per heavy atom. The van der Waals surface area contributed by atoms with Gasteiger partial charge in [0.25, 0.3) is 5.91 Å². The van der Waals surface area contributed by atoms with E-state index in [9.17, 15) is 17.6 Å². The van der Waals surface area contributed by atoms with Crippen LogP contribution < -0.4 is 5.32 Å². The SMILES string of the molecule is CS(=O)(=O)c1ccccc1C(=O)NCCc1cccc(F)c1. The Kier molecular flexibility index (Phi) is 4.92. The lowest BCUT2D eigenvalue weighted by Gasteiger charge is -2.09. The molecule has 0 atom stereocenters. The van der Waals surface area contributed by atoms with E-state index in [4.69, 9.17) is 0 Å². The van der Waals surface area contributed by atoms with Crippen LogP contribution in [0.4, 0.5) is 4.39 Å². The smallest absolute Gasteiger partial charge is 0.252 e. The minimum absolute atomic E-state index is 0.00162. The number of amides is 1. The lowest BCUT2D eigenvalue weighted by atomic mass is 10.1. The molecule has 0 aliphatic carbocycles. The molecule has 1 N–H and O–H groups in total. The molecule has 0 saturated heterocycles. The zero-order valence-corrected chi connectivity index (χ0v) is 12.9. The number of nitrogens with one attached hydrogen (secondary N) is 1. The highest BCUT2D eigenvalue weighted by molar-refractivity contribution is 7.90. The maximum absolute atomic E-state index is 13.0. The van der Waals surface area contributed by atoms with Gasteiger partial charge in [-0.3, -0.25) is 4.79 Å². The summed E-state index contributed by atoms with van der Waals surface area (Å²) >= 11 is 0. The molecular formula is C16H16FNO3S. The first-order valence-electron chi connectivity index (χ1n) is 6.69. The Hall–Kier alpha value is -2.21. The average molecular weight is 321 g/mol. The van der Waals surface area contributed by atoms with Gasteiger partial charge in [-0.2, -0.15) is 0 Å². The van der Waals surface area contributed by atoms with Crippen molar-refractivity contribution in [3.63, 3.8) is 0 Å². The second-order valence-electron chi connectivity index (χ2n) is 4.90. The van der Waals surface area contributed by atoms with Crippen LogP contribution in [0.5, 0.6) is 0 Å². The molecule has 0 unspecified atom stereocenters. The molecule has 22 heavy (non-hydrogen) atoms. The van der Waals surface area contributed by atoms with Gasteiger partial charge in [-0.05, 0) is 36.2 Å². The summed E-state index contributed by atoms with van der Waals surface area (Å²) in [5, 5.41) is 2.65. The van der Waals surface area contributed by atoms with Crippen LogP contribution in [-0.2, 0) is 16.3 Å². The molecule has 6 heteroatoms. The van der Waals surface area contributed by atoms with Gasteiger partial charge in [0.05, 0.1) is 10.5 Å². The molecule has 116 valence electrons. The Bertz CT molecular complexity index is 787. The first-order valence-corrected chi connectivity index (χ1v) is 8.59. The molecular weight excluding hydrogens is 305 g/mol. The highest BCUT2D eigenvalue weighted by atomic mass is 32.2. The van der Waals surface area contributed by atoms with Crippen molar-refractivity contribution in [1.82, 2.24) is 5.32 Å². The van der Waals surface area contributed by atoms with E-state index < -0.39 is 15.7 Å². The number of hydrogen-bond acceptors (Lipinski definition) is 3. The monoisotopic (exact) mass is 321 g/mol. The summed E-state index contributed by atoms with van der Waals surface area (Å²) in [6, 6.07) is 12.2. The number of halogens is 1. The van der Waals surface area contributed by atoms with Crippen LogP contribution in [0.3, 0.4) is 0 Å². The predicted molar refractivity (Wildman–Crippen MR) is 82.0 cm³/mol. The van der Waals surface area contributed by atoms with E-state index in [0.717, 1.165) is 11.8 Å². The van der Waals surface area contributed by atoms with Crippen LogP contribution in [0.25, 0.3) is 0 Å². The predicted octanol–water partition coefficient (Wildman–Crippen LogP) is 2.20. The van der Waals surface area contributed by atoms with Crippen molar-refractivity contribution in [3.8, 4) is 0 Å². The van der Waals surface area contributed by atoms with Crippen LogP contribution in [0.15, 0.2) is 53.4 Å². The Labute approximate surface area is 128 Å². The minimum Gasteiger partial charge on any atom is -0.352 e. The van der Waals surface area contributed by atoms with E-state index >= 15 is 0 Å². The highest BCUT2D eigenvalue weighted by Crippen LogP contribution is 2.15. The van der Waals surface area contributed by atoms with E-state index in [1.54, 1.807) is 24.3 Å². The zero-order valence-electron chi connectivity index (χ0n) is 12.0. The Morgan fingerprint density at radius 2 is 1.86 bits per heavy atom. The van der Waals surface area contributed by atoms with Crippen molar-refractivity contribution < 1.29 is 17.6 Å². The summed E-state index contributed by atoms with van der Waals surface area (Å²) in [6.45, 7) is 0.292. The van der Waals surface area contributed by atoms with E-state index in [0.29, 0.717) is 13.0 Å². The fourth-order valence-corrected chi connectivity index (χ4v) is 2.97. The van der Waals surface area contributed by atoms with Crippen LogP contribution in [0.1, 0.15) is 15.9 Å². The van der Waals surface area contributed by atoms with Crippen molar-refractivity contribution in [2.24, 2.45) is 0 Å². The first-order chi connectivity index (χ1) is 10.4. The van der Waals surface area contributed by atoms with Gasteiger partial charge in [-0.1, -0.05) is 24.3 Å². The van der Waals surface area contributed by atoms with E-state index in [-0.39, 0.29) is 16.3 Å². The fraction of sp³-hybridized carbons (Fsp3) is 0.188. The molecule has 2 aromatic carbocycles. The maximum Gasteiger partial charge on any atom is 0.252 e. The van der Waals surface area contributed by atoms with E-state index in [1.807, 2.05) is 0 Å². The summed E-state index contributed by atoms with van der Waals surface area (Å²) < 4.78 is 36.4. The zero-order chi connectivity index (χ0) is 16.2. The molecule has 2 aromatic rings. The number of carbonyl (C=O) groups is 1. The van der Waals surface area contributed by atoms with Gasteiger partial charge in [0.1, 0.15) is 5.82 Å². The van der Waals surface area contributed by atoms with E-state index in [1.165, 1.54) is 24.3 Å². The largest absolute Gasteiger partial charge is 0.352 e. The van der Waals surface area contributed by atoms with Crippen molar-refractivity contribution in [2.45, 2.75) is 11.3 Å². The number of benzene rings is 2. The summed E-state index contributed by atoms with van der Waals surface area (Å²) in [5.41, 5.74) is 0.876.